The van der Waals surface area contributed by atoms with Crippen LogP contribution >= 0.6 is 12.4 Å². The highest BCUT2D eigenvalue weighted by atomic mass is 35.5. The van der Waals surface area contributed by atoms with Gasteiger partial charge in [-0.2, -0.15) is 13.2 Å². The lowest BCUT2D eigenvalue weighted by atomic mass is 9.78. The van der Waals surface area contributed by atoms with Crippen LogP contribution in [-0.2, 0) is 12.7 Å². The molecule has 0 aromatic heterocycles. The van der Waals surface area contributed by atoms with E-state index in [1.807, 2.05) is 0 Å². The molecule has 0 atom stereocenters. The van der Waals surface area contributed by atoms with Crippen LogP contribution in [0.15, 0.2) is 18.2 Å². The van der Waals surface area contributed by atoms with Gasteiger partial charge in [-0.05, 0) is 62.5 Å². The molecule has 0 bridgehead atoms. The summed E-state index contributed by atoms with van der Waals surface area (Å²) in [7, 11) is 0. The average Bonchev–Trinajstić information content (AvgIpc) is 2.83. The van der Waals surface area contributed by atoms with Gasteiger partial charge in [0, 0.05) is 18.7 Å². The number of piperidine rings is 1. The first-order valence-electron chi connectivity index (χ1n) is 7.67. The average molecular weight is 353 g/mol. The zero-order valence-corrected chi connectivity index (χ0v) is 13.6. The molecule has 0 amide bonds. The maximum atomic E-state index is 13.8. The monoisotopic (exact) mass is 352 g/mol. The molecule has 23 heavy (non-hydrogen) atoms. The molecule has 0 aliphatic carbocycles. The highest BCUT2D eigenvalue weighted by Crippen LogP contribution is 2.39. The minimum atomic E-state index is -4.43. The van der Waals surface area contributed by atoms with E-state index < -0.39 is 17.6 Å². The Hall–Kier alpha value is -0.850. The maximum Gasteiger partial charge on any atom is 0.416 e. The van der Waals surface area contributed by atoms with Crippen molar-refractivity contribution in [2.75, 3.05) is 26.2 Å². The van der Waals surface area contributed by atoms with E-state index in [-0.39, 0.29) is 29.9 Å². The number of benzene rings is 1. The van der Waals surface area contributed by atoms with Gasteiger partial charge < -0.3 is 5.32 Å². The predicted molar refractivity (Wildman–Crippen MR) is 83.1 cm³/mol. The molecule has 3 rings (SSSR count). The van der Waals surface area contributed by atoms with Gasteiger partial charge >= 0.3 is 6.18 Å². The summed E-state index contributed by atoms with van der Waals surface area (Å²) in [4.78, 5) is 2.09. The standard InChI is InChI=1S/C16H20F4N2.ClH/c17-14-2-1-13(16(18,19)20)9-12(14)10-22-8-5-15(11-22)3-6-21-7-4-15;/h1-2,9,21H,3-8,10-11H2;1H. The molecule has 0 unspecified atom stereocenters. The molecule has 1 aromatic rings. The van der Waals surface area contributed by atoms with Crippen molar-refractivity contribution >= 4 is 12.4 Å². The Bertz CT molecular complexity index is 541. The maximum absolute atomic E-state index is 13.8. The van der Waals surface area contributed by atoms with Crippen molar-refractivity contribution in [2.24, 2.45) is 5.41 Å². The highest BCUT2D eigenvalue weighted by molar-refractivity contribution is 5.85. The first-order valence-corrected chi connectivity index (χ1v) is 7.67. The van der Waals surface area contributed by atoms with Gasteiger partial charge in [0.1, 0.15) is 5.82 Å². The Labute approximate surface area is 139 Å². The first-order chi connectivity index (χ1) is 10.4. The van der Waals surface area contributed by atoms with Crippen LogP contribution in [0.3, 0.4) is 0 Å². The van der Waals surface area contributed by atoms with Crippen molar-refractivity contribution in [1.82, 2.24) is 10.2 Å². The Kier molecular flexibility index (Phi) is 5.59. The van der Waals surface area contributed by atoms with Crippen LogP contribution in [0.25, 0.3) is 0 Å². The fraction of sp³-hybridized carbons (Fsp3) is 0.625. The van der Waals surface area contributed by atoms with Crippen LogP contribution in [0.1, 0.15) is 30.4 Å². The molecule has 2 fully saturated rings. The minimum Gasteiger partial charge on any atom is -0.317 e. The SMILES string of the molecule is Cl.Fc1ccc(C(F)(F)F)cc1CN1CCC2(CCNCC2)C1. The van der Waals surface area contributed by atoms with Gasteiger partial charge in [-0.15, -0.1) is 12.4 Å². The Morgan fingerprint density at radius 1 is 1.13 bits per heavy atom. The van der Waals surface area contributed by atoms with Gasteiger partial charge in [-0.25, -0.2) is 4.39 Å². The zero-order chi connectivity index (χ0) is 15.8. The molecule has 2 aliphatic rings. The lowest BCUT2D eigenvalue weighted by molar-refractivity contribution is -0.137. The van der Waals surface area contributed by atoms with Gasteiger partial charge in [-0.3, -0.25) is 4.90 Å². The molecule has 1 aromatic carbocycles. The van der Waals surface area contributed by atoms with E-state index in [1.165, 1.54) is 0 Å². The third-order valence-corrected chi connectivity index (χ3v) is 4.95. The summed E-state index contributed by atoms with van der Waals surface area (Å²) in [6, 6.07) is 2.67. The topological polar surface area (TPSA) is 15.3 Å². The summed E-state index contributed by atoms with van der Waals surface area (Å²) < 4.78 is 52.1. The highest BCUT2D eigenvalue weighted by Gasteiger charge is 2.39. The van der Waals surface area contributed by atoms with Crippen LogP contribution < -0.4 is 5.32 Å². The molecule has 7 heteroatoms. The van der Waals surface area contributed by atoms with E-state index >= 15 is 0 Å². The van der Waals surface area contributed by atoms with E-state index in [4.69, 9.17) is 0 Å². The summed E-state index contributed by atoms with van der Waals surface area (Å²) in [5.41, 5.74) is -0.371. The number of halogens is 5. The molecule has 1 spiro atoms. The van der Waals surface area contributed by atoms with E-state index in [2.05, 4.69) is 10.2 Å². The quantitative estimate of drug-likeness (QED) is 0.813. The number of rotatable bonds is 2. The van der Waals surface area contributed by atoms with Crippen molar-refractivity contribution in [3.05, 3.63) is 35.1 Å². The molecular weight excluding hydrogens is 332 g/mol. The Morgan fingerprint density at radius 2 is 1.83 bits per heavy atom. The fourth-order valence-corrected chi connectivity index (χ4v) is 3.64. The number of alkyl halides is 3. The number of hydrogen-bond acceptors (Lipinski definition) is 2. The van der Waals surface area contributed by atoms with E-state index in [9.17, 15) is 17.6 Å². The summed E-state index contributed by atoms with van der Waals surface area (Å²) in [6.45, 7) is 3.92. The van der Waals surface area contributed by atoms with Gasteiger partial charge in [0.25, 0.3) is 0 Å². The second-order valence-electron chi connectivity index (χ2n) is 6.51. The van der Waals surface area contributed by atoms with Crippen LogP contribution in [-0.4, -0.2) is 31.1 Å². The lowest BCUT2D eigenvalue weighted by Crippen LogP contribution is -2.38. The molecule has 1 N–H and O–H groups in total. The fourth-order valence-electron chi connectivity index (χ4n) is 3.64. The summed E-state index contributed by atoms with van der Waals surface area (Å²) in [5.74, 6) is -0.556. The van der Waals surface area contributed by atoms with Crippen LogP contribution in [0, 0.1) is 11.2 Å². The summed E-state index contributed by atoms with van der Waals surface area (Å²) in [6.07, 6.45) is -1.19. The van der Waals surface area contributed by atoms with Crippen molar-refractivity contribution in [3.63, 3.8) is 0 Å². The molecule has 2 nitrogen and oxygen atoms in total. The molecule has 2 saturated heterocycles. The largest absolute Gasteiger partial charge is 0.416 e. The molecular formula is C16H21ClF4N2. The van der Waals surface area contributed by atoms with Gasteiger partial charge in [-0.1, -0.05) is 0 Å². The third-order valence-electron chi connectivity index (χ3n) is 4.95. The molecule has 0 saturated carbocycles. The van der Waals surface area contributed by atoms with Gasteiger partial charge in [0.2, 0.25) is 0 Å². The molecule has 2 aliphatic heterocycles. The molecule has 130 valence electrons. The van der Waals surface area contributed by atoms with Crippen LogP contribution in [0.2, 0.25) is 0 Å². The summed E-state index contributed by atoms with van der Waals surface area (Å²) in [5, 5.41) is 3.33. The van der Waals surface area contributed by atoms with E-state index in [0.717, 1.165) is 63.6 Å². The Balaban J connectivity index is 0.00000192. The second-order valence-corrected chi connectivity index (χ2v) is 6.51. The smallest absolute Gasteiger partial charge is 0.317 e. The van der Waals surface area contributed by atoms with Gasteiger partial charge in [0.05, 0.1) is 5.56 Å². The zero-order valence-electron chi connectivity index (χ0n) is 12.8. The minimum absolute atomic E-state index is 0. The first kappa shape index (κ1) is 18.5. The normalized spacial score (nSPS) is 21.4. The van der Waals surface area contributed by atoms with Crippen molar-refractivity contribution in [1.29, 1.82) is 0 Å². The summed E-state index contributed by atoms with van der Waals surface area (Å²) >= 11 is 0. The number of likely N-dealkylation sites (tertiary alicyclic amines) is 1. The number of nitrogens with one attached hydrogen (secondary N) is 1. The van der Waals surface area contributed by atoms with Crippen molar-refractivity contribution in [3.8, 4) is 0 Å². The van der Waals surface area contributed by atoms with Crippen molar-refractivity contribution in [2.45, 2.75) is 32.0 Å². The molecule has 2 heterocycles. The Morgan fingerprint density at radius 3 is 2.48 bits per heavy atom. The van der Waals surface area contributed by atoms with E-state index in [0.29, 0.717) is 0 Å². The predicted octanol–water partition coefficient (Wildman–Crippen LogP) is 3.84. The lowest BCUT2D eigenvalue weighted by Gasteiger charge is -2.34. The third kappa shape index (κ3) is 4.17. The van der Waals surface area contributed by atoms with Crippen LogP contribution in [0.5, 0.6) is 0 Å². The van der Waals surface area contributed by atoms with Gasteiger partial charge in [0.15, 0.2) is 0 Å². The van der Waals surface area contributed by atoms with Crippen LogP contribution in [0.4, 0.5) is 17.6 Å². The second kappa shape index (κ2) is 6.95. The molecule has 0 radical (unpaired) electrons. The number of hydrogen-bond donors (Lipinski definition) is 1. The van der Waals surface area contributed by atoms with E-state index in [1.54, 1.807) is 0 Å². The number of nitrogens with zero attached hydrogens (tertiary/aromatic N) is 1. The van der Waals surface area contributed by atoms with Crippen molar-refractivity contribution < 1.29 is 17.6 Å².